The number of hydrogen-bond acceptors (Lipinski definition) is 3. The molecule has 5 heteroatoms. The van der Waals surface area contributed by atoms with Crippen LogP contribution < -0.4 is 0 Å². The lowest BCUT2D eigenvalue weighted by atomic mass is 10.3. The second-order valence-corrected chi connectivity index (χ2v) is 4.04. The minimum atomic E-state index is -0.876. The predicted octanol–water partition coefficient (Wildman–Crippen LogP) is 1.06. The summed E-state index contributed by atoms with van der Waals surface area (Å²) in [5.74, 6) is -0.622. The van der Waals surface area contributed by atoms with Gasteiger partial charge >= 0.3 is 5.97 Å². The fourth-order valence-corrected chi connectivity index (χ4v) is 1.53. The Morgan fingerprint density at radius 3 is 2.50 bits per heavy atom. The molecule has 0 saturated heterocycles. The Balaban J connectivity index is 3.56. The van der Waals surface area contributed by atoms with Gasteiger partial charge in [-0.2, -0.15) is 0 Å². The third-order valence-corrected chi connectivity index (χ3v) is 2.63. The zero-order chi connectivity index (χ0) is 11.0. The van der Waals surface area contributed by atoms with Gasteiger partial charge < -0.3 is 10.0 Å². The van der Waals surface area contributed by atoms with Crippen molar-refractivity contribution in [1.82, 2.24) is 4.90 Å². The fourth-order valence-electron chi connectivity index (χ4n) is 0.856. The first-order valence-corrected chi connectivity index (χ1v) is 5.77. The molecular weight excluding hydrogens is 202 g/mol. The molecule has 0 aromatic heterocycles. The number of thioether (sulfide) groups is 1. The summed E-state index contributed by atoms with van der Waals surface area (Å²) < 4.78 is 0. The van der Waals surface area contributed by atoms with Crippen LogP contribution in [-0.2, 0) is 9.59 Å². The van der Waals surface area contributed by atoms with Crippen molar-refractivity contribution in [3.8, 4) is 0 Å². The molecule has 0 saturated carbocycles. The van der Waals surface area contributed by atoms with Crippen molar-refractivity contribution in [3.63, 3.8) is 0 Å². The van der Waals surface area contributed by atoms with E-state index < -0.39 is 5.97 Å². The van der Waals surface area contributed by atoms with Crippen LogP contribution in [0.1, 0.15) is 19.8 Å². The number of carboxylic acids is 1. The van der Waals surface area contributed by atoms with Gasteiger partial charge in [0.05, 0.1) is 11.5 Å². The Labute approximate surface area is 88.7 Å². The van der Waals surface area contributed by atoms with Crippen molar-refractivity contribution in [1.29, 1.82) is 0 Å². The van der Waals surface area contributed by atoms with Gasteiger partial charge in [0.15, 0.2) is 0 Å². The van der Waals surface area contributed by atoms with Crippen LogP contribution in [0.15, 0.2) is 0 Å². The SMILES string of the molecule is CCCCN(C)C(=O)CSCC(=O)O. The van der Waals surface area contributed by atoms with E-state index in [1.807, 2.05) is 0 Å². The molecule has 1 N–H and O–H groups in total. The first-order chi connectivity index (χ1) is 6.57. The van der Waals surface area contributed by atoms with Gasteiger partial charge in [-0.05, 0) is 6.42 Å². The number of carbonyl (C=O) groups excluding carboxylic acids is 1. The van der Waals surface area contributed by atoms with Crippen LogP contribution in [0.5, 0.6) is 0 Å². The second kappa shape index (κ2) is 7.67. The van der Waals surface area contributed by atoms with Crippen LogP contribution in [0, 0.1) is 0 Å². The lowest BCUT2D eigenvalue weighted by Gasteiger charge is -2.15. The largest absolute Gasteiger partial charge is 0.481 e. The number of nitrogens with zero attached hydrogens (tertiary/aromatic N) is 1. The van der Waals surface area contributed by atoms with Gasteiger partial charge in [0.1, 0.15) is 0 Å². The molecule has 0 fully saturated rings. The number of amides is 1. The Morgan fingerprint density at radius 1 is 1.36 bits per heavy atom. The van der Waals surface area contributed by atoms with E-state index in [1.54, 1.807) is 11.9 Å². The number of carbonyl (C=O) groups is 2. The molecule has 0 aliphatic rings. The Morgan fingerprint density at radius 2 is 2.00 bits per heavy atom. The van der Waals surface area contributed by atoms with Crippen LogP contribution in [0.4, 0.5) is 0 Å². The highest BCUT2D eigenvalue weighted by molar-refractivity contribution is 8.00. The minimum Gasteiger partial charge on any atom is -0.481 e. The zero-order valence-electron chi connectivity index (χ0n) is 8.65. The molecule has 0 atom stereocenters. The van der Waals surface area contributed by atoms with Crippen LogP contribution in [-0.4, -0.2) is 47.0 Å². The summed E-state index contributed by atoms with van der Waals surface area (Å²) in [7, 11) is 1.75. The van der Waals surface area contributed by atoms with E-state index in [2.05, 4.69) is 6.92 Å². The molecule has 0 spiro atoms. The first kappa shape index (κ1) is 13.3. The summed E-state index contributed by atoms with van der Waals surface area (Å²) >= 11 is 1.14. The standard InChI is InChI=1S/C9H17NO3S/c1-3-4-5-10(2)8(11)6-14-7-9(12)13/h3-7H2,1-2H3,(H,12,13). The molecule has 4 nitrogen and oxygen atoms in total. The van der Waals surface area contributed by atoms with Crippen LogP contribution in [0.3, 0.4) is 0 Å². The van der Waals surface area contributed by atoms with E-state index in [1.165, 1.54) is 0 Å². The maximum Gasteiger partial charge on any atom is 0.313 e. The van der Waals surface area contributed by atoms with Crippen molar-refractivity contribution < 1.29 is 14.7 Å². The summed E-state index contributed by atoms with van der Waals surface area (Å²) in [4.78, 5) is 23.2. The third-order valence-electron chi connectivity index (χ3n) is 1.72. The highest BCUT2D eigenvalue weighted by atomic mass is 32.2. The molecule has 0 unspecified atom stereocenters. The molecule has 82 valence electrons. The highest BCUT2D eigenvalue weighted by Crippen LogP contribution is 2.02. The maximum absolute atomic E-state index is 11.3. The summed E-state index contributed by atoms with van der Waals surface area (Å²) in [5.41, 5.74) is 0. The van der Waals surface area contributed by atoms with Crippen molar-refractivity contribution in [3.05, 3.63) is 0 Å². The second-order valence-electron chi connectivity index (χ2n) is 3.06. The zero-order valence-corrected chi connectivity index (χ0v) is 9.47. The lowest BCUT2D eigenvalue weighted by molar-refractivity contribution is -0.133. The van der Waals surface area contributed by atoms with Gasteiger partial charge in [-0.1, -0.05) is 13.3 Å². The number of aliphatic carboxylic acids is 1. The molecule has 0 aromatic carbocycles. The van der Waals surface area contributed by atoms with E-state index in [0.717, 1.165) is 31.1 Å². The van der Waals surface area contributed by atoms with Crippen molar-refractivity contribution >= 4 is 23.6 Å². The Hall–Kier alpha value is -0.710. The Bertz CT molecular complexity index is 196. The molecule has 0 rings (SSSR count). The average Bonchev–Trinajstić information content (AvgIpc) is 2.13. The first-order valence-electron chi connectivity index (χ1n) is 4.61. The molecule has 1 amide bonds. The van der Waals surface area contributed by atoms with Crippen LogP contribution in [0.25, 0.3) is 0 Å². The molecule has 0 aliphatic carbocycles. The minimum absolute atomic E-state index is 0.00435. The average molecular weight is 219 g/mol. The highest BCUT2D eigenvalue weighted by Gasteiger charge is 2.08. The van der Waals surface area contributed by atoms with E-state index >= 15 is 0 Å². The van der Waals surface area contributed by atoms with Gasteiger partial charge in [0, 0.05) is 13.6 Å². The quantitative estimate of drug-likeness (QED) is 0.695. The molecule has 0 bridgehead atoms. The normalized spacial score (nSPS) is 9.86. The third kappa shape index (κ3) is 6.77. The smallest absolute Gasteiger partial charge is 0.313 e. The molecule has 0 heterocycles. The summed E-state index contributed by atoms with van der Waals surface area (Å²) in [6.45, 7) is 2.82. The number of unbranched alkanes of at least 4 members (excludes halogenated alkanes) is 1. The molecule has 0 aliphatic heterocycles. The topological polar surface area (TPSA) is 57.6 Å². The molecule has 14 heavy (non-hydrogen) atoms. The summed E-state index contributed by atoms with van der Waals surface area (Å²) in [5, 5.41) is 8.36. The van der Waals surface area contributed by atoms with E-state index in [-0.39, 0.29) is 17.4 Å². The molecule has 0 radical (unpaired) electrons. The molecular formula is C9H17NO3S. The maximum atomic E-state index is 11.3. The van der Waals surface area contributed by atoms with Gasteiger partial charge in [0.25, 0.3) is 0 Å². The monoisotopic (exact) mass is 219 g/mol. The van der Waals surface area contributed by atoms with Crippen molar-refractivity contribution in [2.45, 2.75) is 19.8 Å². The summed E-state index contributed by atoms with van der Waals surface area (Å²) in [6.07, 6.45) is 2.05. The van der Waals surface area contributed by atoms with E-state index in [0.29, 0.717) is 0 Å². The molecule has 0 aromatic rings. The number of carboxylic acid groups (broad SMARTS) is 1. The van der Waals surface area contributed by atoms with Crippen molar-refractivity contribution in [2.75, 3.05) is 25.1 Å². The predicted molar refractivity (Wildman–Crippen MR) is 57.5 cm³/mol. The Kier molecular flexibility index (Phi) is 7.28. The van der Waals surface area contributed by atoms with Crippen molar-refractivity contribution in [2.24, 2.45) is 0 Å². The van der Waals surface area contributed by atoms with Crippen LogP contribution >= 0.6 is 11.8 Å². The fraction of sp³-hybridized carbons (Fsp3) is 0.778. The van der Waals surface area contributed by atoms with E-state index in [4.69, 9.17) is 5.11 Å². The van der Waals surface area contributed by atoms with Gasteiger partial charge in [-0.3, -0.25) is 9.59 Å². The van der Waals surface area contributed by atoms with E-state index in [9.17, 15) is 9.59 Å². The lowest BCUT2D eigenvalue weighted by Crippen LogP contribution is -2.29. The summed E-state index contributed by atoms with van der Waals surface area (Å²) in [6, 6.07) is 0. The van der Waals surface area contributed by atoms with Crippen LogP contribution in [0.2, 0.25) is 0 Å². The van der Waals surface area contributed by atoms with Gasteiger partial charge in [-0.15, -0.1) is 11.8 Å². The van der Waals surface area contributed by atoms with Gasteiger partial charge in [0.2, 0.25) is 5.91 Å². The number of hydrogen-bond donors (Lipinski definition) is 1. The number of rotatable bonds is 7. The van der Waals surface area contributed by atoms with Gasteiger partial charge in [-0.25, -0.2) is 0 Å².